The summed E-state index contributed by atoms with van der Waals surface area (Å²) in [6.45, 7) is 10.8. The number of nitrogens with one attached hydrogen (secondary N) is 2. The summed E-state index contributed by atoms with van der Waals surface area (Å²) in [5.74, 6) is 0.0990. The minimum Gasteiger partial charge on any atom is -0.353 e. The molecule has 0 aliphatic carbocycles. The molecule has 1 aromatic heterocycles. The minimum atomic E-state index is 0.0196. The van der Waals surface area contributed by atoms with Crippen molar-refractivity contribution >= 4 is 28.0 Å². The van der Waals surface area contributed by atoms with Gasteiger partial charge in [-0.05, 0) is 63.8 Å². The molecule has 0 unspecified atom stereocenters. The van der Waals surface area contributed by atoms with Gasteiger partial charge in [-0.25, -0.2) is 4.98 Å². The van der Waals surface area contributed by atoms with Crippen molar-refractivity contribution in [3.63, 3.8) is 0 Å². The molecule has 1 fully saturated rings. The highest BCUT2D eigenvalue weighted by Gasteiger charge is 2.38. The van der Waals surface area contributed by atoms with Gasteiger partial charge in [-0.3, -0.25) is 4.79 Å². The number of amides is 1. The lowest BCUT2D eigenvalue weighted by molar-refractivity contribution is -0.121. The first kappa shape index (κ1) is 22.0. The number of hydrogen-bond donors (Lipinski definition) is 2. The van der Waals surface area contributed by atoms with Gasteiger partial charge in [0.15, 0.2) is 0 Å². The van der Waals surface area contributed by atoms with Gasteiger partial charge in [0.2, 0.25) is 5.91 Å². The Morgan fingerprint density at radius 1 is 1.10 bits per heavy atom. The van der Waals surface area contributed by atoms with Crippen molar-refractivity contribution in [2.45, 2.75) is 77.4 Å². The second kappa shape index (κ2) is 8.36. The predicted octanol–water partition coefficient (Wildman–Crippen LogP) is 5.16. The zero-order valence-corrected chi connectivity index (χ0v) is 20.0. The Morgan fingerprint density at radius 2 is 1.77 bits per heavy atom. The molecular weight excluding hydrogens is 402 g/mol. The van der Waals surface area contributed by atoms with Crippen molar-refractivity contribution in [3.05, 3.63) is 63.6 Å². The maximum absolute atomic E-state index is 12.8. The van der Waals surface area contributed by atoms with Crippen molar-refractivity contribution in [2.75, 3.05) is 0 Å². The molecule has 1 saturated heterocycles. The summed E-state index contributed by atoms with van der Waals surface area (Å²) in [5, 5.41) is 10.6. The molecule has 0 saturated carbocycles. The third-order valence-electron chi connectivity index (χ3n) is 6.03. The number of fused-ring (bicyclic) bond motifs is 1. The number of aromatic nitrogens is 1. The summed E-state index contributed by atoms with van der Waals surface area (Å²) in [6, 6.07) is 15.1. The van der Waals surface area contributed by atoms with Gasteiger partial charge < -0.3 is 10.6 Å². The van der Waals surface area contributed by atoms with Crippen LogP contribution in [0.15, 0.2) is 42.5 Å². The van der Waals surface area contributed by atoms with Gasteiger partial charge in [0.25, 0.3) is 0 Å². The third-order valence-corrected chi connectivity index (χ3v) is 7.19. The molecule has 1 amide bonds. The average molecular weight is 436 g/mol. The molecule has 2 N–H and O–H groups in total. The molecule has 0 radical (unpaired) electrons. The molecule has 31 heavy (non-hydrogen) atoms. The zero-order chi connectivity index (χ0) is 22.2. The van der Waals surface area contributed by atoms with Crippen LogP contribution < -0.4 is 10.6 Å². The molecule has 4 rings (SSSR count). The van der Waals surface area contributed by atoms with E-state index in [0.29, 0.717) is 6.42 Å². The summed E-state index contributed by atoms with van der Waals surface area (Å²) in [6.07, 6.45) is 3.08. The smallest absolute Gasteiger partial charge is 0.225 e. The first-order chi connectivity index (χ1) is 14.6. The van der Waals surface area contributed by atoms with Gasteiger partial charge in [-0.2, -0.15) is 0 Å². The first-order valence-corrected chi connectivity index (χ1v) is 11.9. The Labute approximate surface area is 189 Å². The number of carbonyl (C=O) groups excluding carboxylic acids is 1. The maximum Gasteiger partial charge on any atom is 0.225 e. The van der Waals surface area contributed by atoms with E-state index in [1.54, 1.807) is 11.3 Å². The largest absolute Gasteiger partial charge is 0.353 e. The van der Waals surface area contributed by atoms with Crippen LogP contribution >= 0.6 is 11.3 Å². The fourth-order valence-corrected chi connectivity index (χ4v) is 6.28. The lowest BCUT2D eigenvalue weighted by atomic mass is 9.79. The Balaban J connectivity index is 1.44. The normalized spacial score (nSPS) is 18.2. The molecule has 164 valence electrons. The number of thiazole rings is 1. The molecular formula is C26H33N3OS. The van der Waals surface area contributed by atoms with Crippen LogP contribution in [0.3, 0.4) is 0 Å². The number of carbonyl (C=O) groups is 1. The maximum atomic E-state index is 12.8. The molecule has 2 heterocycles. The summed E-state index contributed by atoms with van der Waals surface area (Å²) >= 11 is 1.67. The van der Waals surface area contributed by atoms with Crippen LogP contribution in [0.1, 0.15) is 61.7 Å². The summed E-state index contributed by atoms with van der Waals surface area (Å²) in [5.41, 5.74) is 2.29. The molecule has 2 aromatic carbocycles. The summed E-state index contributed by atoms with van der Waals surface area (Å²) in [4.78, 5) is 18.7. The van der Waals surface area contributed by atoms with Crippen molar-refractivity contribution in [2.24, 2.45) is 0 Å². The van der Waals surface area contributed by atoms with E-state index in [-0.39, 0.29) is 23.0 Å². The standard InChI is InChI=1S/C26H33N3OS/c1-17-22(14-23(30)28-20-15-25(2,3)29-26(4,5)16-20)31-24(27-17)13-19-11-8-10-18-9-6-7-12-21(18)19/h6-12,20,29H,13-16H2,1-5H3,(H,28,30). The molecule has 0 atom stereocenters. The number of piperidine rings is 1. The van der Waals surface area contributed by atoms with Crippen LogP contribution in [0.25, 0.3) is 10.8 Å². The molecule has 1 aliphatic rings. The lowest BCUT2D eigenvalue weighted by Crippen LogP contribution is -2.62. The van der Waals surface area contributed by atoms with E-state index in [1.807, 2.05) is 6.92 Å². The van der Waals surface area contributed by atoms with Crippen LogP contribution in [-0.4, -0.2) is 28.0 Å². The third kappa shape index (κ3) is 5.34. The van der Waals surface area contributed by atoms with Crippen LogP contribution in [0.5, 0.6) is 0 Å². The van der Waals surface area contributed by atoms with E-state index in [0.717, 1.165) is 34.8 Å². The van der Waals surface area contributed by atoms with Crippen molar-refractivity contribution in [3.8, 4) is 0 Å². The number of nitrogens with zero attached hydrogens (tertiary/aromatic N) is 1. The molecule has 1 aliphatic heterocycles. The highest BCUT2D eigenvalue weighted by atomic mass is 32.1. The van der Waals surface area contributed by atoms with Crippen molar-refractivity contribution in [1.82, 2.24) is 15.6 Å². The predicted molar refractivity (Wildman–Crippen MR) is 130 cm³/mol. The Kier molecular flexibility index (Phi) is 5.93. The van der Waals surface area contributed by atoms with E-state index < -0.39 is 0 Å². The number of rotatable bonds is 5. The molecule has 3 aromatic rings. The highest BCUT2D eigenvalue weighted by Crippen LogP contribution is 2.29. The van der Waals surface area contributed by atoms with Gasteiger partial charge in [-0.15, -0.1) is 11.3 Å². The Morgan fingerprint density at radius 3 is 2.52 bits per heavy atom. The fourth-order valence-electron chi connectivity index (χ4n) is 5.19. The average Bonchev–Trinajstić information content (AvgIpc) is 2.98. The van der Waals surface area contributed by atoms with Crippen molar-refractivity contribution in [1.29, 1.82) is 0 Å². The van der Waals surface area contributed by atoms with Gasteiger partial charge >= 0.3 is 0 Å². The van der Waals surface area contributed by atoms with Crippen LogP contribution in [-0.2, 0) is 17.6 Å². The fraction of sp³-hybridized carbons (Fsp3) is 0.462. The number of hydrogen-bond acceptors (Lipinski definition) is 4. The zero-order valence-electron chi connectivity index (χ0n) is 19.2. The molecule has 0 bridgehead atoms. The van der Waals surface area contributed by atoms with E-state index in [2.05, 4.69) is 80.8 Å². The van der Waals surface area contributed by atoms with Gasteiger partial charge in [-0.1, -0.05) is 42.5 Å². The Hall–Kier alpha value is -2.24. The summed E-state index contributed by atoms with van der Waals surface area (Å²) in [7, 11) is 0. The minimum absolute atomic E-state index is 0.0196. The van der Waals surface area contributed by atoms with Crippen molar-refractivity contribution < 1.29 is 4.79 Å². The van der Waals surface area contributed by atoms with Gasteiger partial charge in [0, 0.05) is 28.4 Å². The number of benzene rings is 2. The molecule has 0 spiro atoms. The molecule has 4 nitrogen and oxygen atoms in total. The van der Waals surface area contributed by atoms with Gasteiger partial charge in [0.05, 0.1) is 17.1 Å². The Bertz CT molecular complexity index is 1080. The van der Waals surface area contributed by atoms with E-state index in [9.17, 15) is 4.79 Å². The second-order valence-electron chi connectivity index (χ2n) is 10.2. The summed E-state index contributed by atoms with van der Waals surface area (Å²) < 4.78 is 0. The van der Waals surface area contributed by atoms with E-state index >= 15 is 0 Å². The molecule has 5 heteroatoms. The van der Waals surface area contributed by atoms with Gasteiger partial charge in [0.1, 0.15) is 0 Å². The SMILES string of the molecule is Cc1nc(Cc2cccc3ccccc23)sc1CC(=O)NC1CC(C)(C)NC(C)(C)C1. The van der Waals surface area contributed by atoms with E-state index in [4.69, 9.17) is 4.98 Å². The lowest BCUT2D eigenvalue weighted by Gasteiger charge is -2.46. The number of aryl methyl sites for hydroxylation is 1. The van der Waals surface area contributed by atoms with Crippen LogP contribution in [0.2, 0.25) is 0 Å². The highest BCUT2D eigenvalue weighted by molar-refractivity contribution is 7.11. The van der Waals surface area contributed by atoms with E-state index in [1.165, 1.54) is 16.3 Å². The first-order valence-electron chi connectivity index (χ1n) is 11.1. The van der Waals surface area contributed by atoms with Crippen LogP contribution in [0, 0.1) is 6.92 Å². The monoisotopic (exact) mass is 435 g/mol. The second-order valence-corrected chi connectivity index (χ2v) is 11.3. The topological polar surface area (TPSA) is 54.0 Å². The van der Waals surface area contributed by atoms with Crippen LogP contribution in [0.4, 0.5) is 0 Å². The quantitative estimate of drug-likeness (QED) is 0.582.